The van der Waals surface area contributed by atoms with Crippen LogP contribution < -0.4 is 69.5 Å². The highest BCUT2D eigenvalue weighted by molar-refractivity contribution is 6.30. The van der Waals surface area contributed by atoms with Crippen LogP contribution in [0.1, 0.15) is 137 Å². The average Bonchev–Trinajstić information content (AvgIpc) is 1.72. The first kappa shape index (κ1) is 95.4. The molecule has 656 valence electrons. The number of aromatic nitrogens is 6. The fourth-order valence-electron chi connectivity index (χ4n) is 13.8. The molecule has 1 saturated heterocycles. The molecule has 1 fully saturated rings. The number of amides is 11. The van der Waals surface area contributed by atoms with Crippen LogP contribution in [0.5, 0.6) is 0 Å². The zero-order valence-corrected chi connectivity index (χ0v) is 72.8. The Hall–Kier alpha value is -12.0. The zero-order chi connectivity index (χ0) is 89.0. The molecule has 3 heterocycles. The van der Waals surface area contributed by atoms with E-state index in [2.05, 4.69) is 88.7 Å². The smallest absolute Gasteiger partial charge is 0.247 e. The third-order valence-corrected chi connectivity index (χ3v) is 20.7. The number of fused-ring (bicyclic) bond motifs is 1. The van der Waals surface area contributed by atoms with Crippen LogP contribution in [0.25, 0.3) is 33.5 Å². The second-order valence-corrected chi connectivity index (χ2v) is 32.4. The molecule has 0 bridgehead atoms. The molecule has 0 saturated carbocycles. The van der Waals surface area contributed by atoms with Gasteiger partial charge in [-0.2, -0.15) is 29.9 Å². The number of carbonyl (C=O) groups is 11. The quantitative estimate of drug-likeness (QED) is 0.0224. The molecule has 7 aromatic rings. The van der Waals surface area contributed by atoms with Gasteiger partial charge in [-0.1, -0.05) is 142 Å². The molecule has 0 unspecified atom stereocenters. The van der Waals surface area contributed by atoms with Crippen molar-refractivity contribution in [1.29, 1.82) is 0 Å². The van der Waals surface area contributed by atoms with Crippen LogP contribution in [0.2, 0.25) is 5.02 Å². The van der Waals surface area contributed by atoms with Crippen molar-refractivity contribution >= 4 is 111 Å². The molecule has 11 amide bonds. The van der Waals surface area contributed by atoms with Crippen LogP contribution in [0.15, 0.2) is 115 Å². The first-order chi connectivity index (χ1) is 58.1. The third kappa shape index (κ3) is 28.6. The summed E-state index contributed by atoms with van der Waals surface area (Å²) in [6.45, 7) is 19.9. The van der Waals surface area contributed by atoms with Gasteiger partial charge in [0, 0.05) is 101 Å². The van der Waals surface area contributed by atoms with Crippen LogP contribution in [0.4, 0.5) is 23.8 Å². The normalized spacial score (nSPS) is 14.6. The van der Waals surface area contributed by atoms with Crippen molar-refractivity contribution in [3.63, 3.8) is 0 Å². The molecular formula is C87H119ClN22O12. The van der Waals surface area contributed by atoms with Gasteiger partial charge in [0.05, 0.1) is 13.2 Å². The minimum atomic E-state index is -1.84. The third-order valence-electron chi connectivity index (χ3n) is 20.4. The lowest BCUT2D eigenvalue weighted by molar-refractivity contribution is -0.144. The lowest BCUT2D eigenvalue weighted by Crippen LogP contribution is -2.62. The molecule has 9 atom stereocenters. The number of benzene rings is 5. The van der Waals surface area contributed by atoms with Gasteiger partial charge in [-0.3, -0.25) is 52.7 Å². The summed E-state index contributed by atoms with van der Waals surface area (Å²) in [7, 11) is 4.38. The maximum atomic E-state index is 16.1. The molecule has 0 spiro atoms. The summed E-state index contributed by atoms with van der Waals surface area (Å²) < 4.78 is 0. The van der Waals surface area contributed by atoms with Crippen molar-refractivity contribution < 1.29 is 57.8 Å². The number of hydrogen-bond donors (Lipinski definition) is 14. The number of rotatable bonds is 45. The molecule has 34 nitrogen and oxygen atoms in total. The van der Waals surface area contributed by atoms with Crippen molar-refractivity contribution in [1.82, 2.24) is 87.1 Å². The summed E-state index contributed by atoms with van der Waals surface area (Å²) in [5.41, 5.74) is 8.73. The number of nitrogens with one attached hydrogen (secondary N) is 12. The number of nitrogens with two attached hydrogens (primary N) is 1. The fraction of sp³-hybridized carbons (Fsp3) is 0.483. The van der Waals surface area contributed by atoms with Gasteiger partial charge in [0.1, 0.15) is 54.4 Å². The highest BCUT2D eigenvalue weighted by Crippen LogP contribution is 2.27. The molecule has 2 aromatic heterocycles. The number of aliphatic hydroxyl groups is 1. The standard InChI is InChI=1S/C87H119ClN22O12/c1-15-91-85-103-75(105-87(107-85)94-52(8)9)60-34-28-55(29-35-60)44-67(78(117)98-65(42-49(2)3)76(115)97-64(26-18-19-40-92-50(4)5)83(122)110-41-21-27-70(110)80(119)95-53(10)73(89)114)100-81(120)71(45-57-30-36-59(37-31-57)74-102-84(90-12)106-86(104-74)93-51(6)7)109(14)82(121)69(48-111)101-79(118)68(46-61-24-20-23-58-22-16-17-25-63(58)61)99-77(116)66(43-56-32-38-62(88)39-33-56)96-72(113)47-108(13)54(11)112/h16-17,20,22-25,28-39,49-53,64-71,92,111H,15,18-19,21,26-27,40-48H2,1-14H3,(H2,89,114)(H,95,119)(H,96,113)(H,97,115)(H,98,117)(H,99,116)(H,100,120)(H,101,118)(H2,90,93,102,104,106)(H2,91,94,103,105,107)/t53-,64-,65-,66-,67-,68-,69-,70-,71-/m0/s1. The zero-order valence-electron chi connectivity index (χ0n) is 72.0. The highest BCUT2D eigenvalue weighted by Gasteiger charge is 2.41. The Bertz CT molecular complexity index is 4750. The predicted octanol–water partition coefficient (Wildman–Crippen LogP) is 4.98. The Morgan fingerprint density at radius 3 is 1.62 bits per heavy atom. The number of carbonyl (C=O) groups excluding carboxylic acids is 11. The van der Waals surface area contributed by atoms with E-state index < -0.39 is 133 Å². The first-order valence-corrected chi connectivity index (χ1v) is 41.9. The van der Waals surface area contributed by atoms with Gasteiger partial charge in [0.15, 0.2) is 11.6 Å². The Kier molecular flexibility index (Phi) is 36.1. The summed E-state index contributed by atoms with van der Waals surface area (Å²) in [6, 6.07) is 20.7. The number of likely N-dealkylation sites (N-methyl/N-ethyl adjacent to an activating group) is 2. The maximum Gasteiger partial charge on any atom is 0.247 e. The largest absolute Gasteiger partial charge is 0.394 e. The number of unbranched alkanes of at least 4 members (excludes halogenated alkanes) is 1. The second kappa shape index (κ2) is 46.1. The Balaban J connectivity index is 1.19. The lowest BCUT2D eigenvalue weighted by Gasteiger charge is -2.33. The summed E-state index contributed by atoms with van der Waals surface area (Å²) in [5, 5.41) is 49.0. The van der Waals surface area contributed by atoms with Crippen LogP contribution in [-0.4, -0.2) is 241 Å². The van der Waals surface area contributed by atoms with Crippen LogP contribution >= 0.6 is 11.6 Å². The van der Waals surface area contributed by atoms with Gasteiger partial charge >= 0.3 is 0 Å². The molecule has 15 N–H and O–H groups in total. The van der Waals surface area contributed by atoms with Crippen LogP contribution in [0, 0.1) is 5.92 Å². The van der Waals surface area contributed by atoms with E-state index in [1.807, 2.05) is 92.6 Å². The lowest BCUT2D eigenvalue weighted by atomic mass is 9.97. The van der Waals surface area contributed by atoms with Crippen molar-refractivity contribution in [2.75, 3.05) is 75.2 Å². The minimum Gasteiger partial charge on any atom is -0.394 e. The summed E-state index contributed by atoms with van der Waals surface area (Å²) in [5.74, 6) is -6.76. The molecule has 1 aliphatic rings. The maximum absolute atomic E-state index is 16.1. The van der Waals surface area contributed by atoms with Gasteiger partial charge in [0.2, 0.25) is 88.8 Å². The summed E-state index contributed by atoms with van der Waals surface area (Å²) >= 11 is 6.26. The number of primary amides is 1. The van der Waals surface area contributed by atoms with Crippen LogP contribution in [0.3, 0.4) is 0 Å². The van der Waals surface area contributed by atoms with Crippen molar-refractivity contribution in [2.45, 2.75) is 213 Å². The predicted molar refractivity (Wildman–Crippen MR) is 468 cm³/mol. The molecule has 35 heteroatoms. The van der Waals surface area contributed by atoms with Gasteiger partial charge < -0.3 is 89.3 Å². The van der Waals surface area contributed by atoms with Gasteiger partial charge in [-0.25, -0.2) is 0 Å². The minimum absolute atomic E-state index is 0.0217. The van der Waals surface area contributed by atoms with Gasteiger partial charge in [-0.15, -0.1) is 0 Å². The number of anilines is 4. The fourth-order valence-corrected chi connectivity index (χ4v) is 14.0. The van der Waals surface area contributed by atoms with E-state index >= 15 is 24.0 Å². The van der Waals surface area contributed by atoms with Crippen molar-refractivity contribution in [3.05, 3.63) is 143 Å². The molecule has 5 aromatic carbocycles. The van der Waals surface area contributed by atoms with E-state index in [0.29, 0.717) is 94.4 Å². The summed E-state index contributed by atoms with van der Waals surface area (Å²) in [6.07, 6.45) is 1.12. The summed E-state index contributed by atoms with van der Waals surface area (Å²) in [4.78, 5) is 191. The topological polar surface area (TPSA) is 465 Å². The van der Waals surface area contributed by atoms with Crippen molar-refractivity contribution in [2.24, 2.45) is 11.7 Å². The number of halogens is 1. The molecule has 0 radical (unpaired) electrons. The highest BCUT2D eigenvalue weighted by atomic mass is 35.5. The van der Waals surface area contributed by atoms with Gasteiger partial charge in [0.25, 0.3) is 0 Å². The second-order valence-electron chi connectivity index (χ2n) is 32.0. The molecular weight excluding hydrogens is 1580 g/mol. The van der Waals surface area contributed by atoms with Crippen LogP contribution in [-0.2, 0) is 78.4 Å². The number of likely N-dealkylation sites (tertiary alicyclic amines) is 1. The SMILES string of the molecule is CCNc1nc(NC(C)C)nc(-c2ccc(C[C@H](NC(=O)[C@H](Cc3ccc(-c4nc(NC)nc(NC(C)C)n4)cc3)N(C)C(=O)[C@H](CO)NC(=O)[C@H](Cc3cccc4ccccc34)NC(=O)[C@H](Cc3ccc(Cl)cc3)NC(=O)CN(C)C(C)=O)C(=O)N[C@@H](CC(C)C)C(=O)N[C@@H](CCCCNC(C)C)C(=O)N3CCC[C@H]3C(=O)N[C@@H](C)C(N)=O)cc2)n1. The Morgan fingerprint density at radius 1 is 0.557 bits per heavy atom. The average molecular weight is 1700 g/mol. The van der Waals surface area contributed by atoms with E-state index in [1.165, 1.54) is 32.8 Å². The van der Waals surface area contributed by atoms with Crippen molar-refractivity contribution in [3.8, 4) is 22.8 Å². The number of aliphatic hydroxyl groups excluding tert-OH is 1. The van der Waals surface area contributed by atoms with E-state index in [0.717, 1.165) is 20.6 Å². The Morgan fingerprint density at radius 2 is 1.07 bits per heavy atom. The van der Waals surface area contributed by atoms with E-state index in [4.69, 9.17) is 22.3 Å². The Labute approximate surface area is 717 Å². The van der Waals surface area contributed by atoms with E-state index in [1.54, 1.807) is 92.0 Å². The number of nitrogens with zero attached hydrogens (tertiary/aromatic N) is 9. The monoisotopic (exact) mass is 1700 g/mol. The number of hydrogen-bond acceptors (Lipinski definition) is 23. The first-order valence-electron chi connectivity index (χ1n) is 41.5. The molecule has 0 aliphatic carbocycles. The molecule has 8 rings (SSSR count). The van der Waals surface area contributed by atoms with Gasteiger partial charge in [-0.05, 0) is 138 Å². The molecule has 122 heavy (non-hydrogen) atoms. The van der Waals surface area contributed by atoms with E-state index in [9.17, 15) is 33.9 Å². The van der Waals surface area contributed by atoms with E-state index in [-0.39, 0.29) is 87.3 Å². The molecule has 1 aliphatic heterocycles.